The molecular formula is C20H26N4O2. The highest BCUT2D eigenvalue weighted by Crippen LogP contribution is 2.21. The maximum Gasteiger partial charge on any atom is 0.237 e. The van der Waals surface area contributed by atoms with Crippen molar-refractivity contribution in [3.63, 3.8) is 0 Å². The molecule has 1 atom stereocenters. The molecule has 138 valence electrons. The summed E-state index contributed by atoms with van der Waals surface area (Å²) >= 11 is 0. The standard InChI is InChI=1S/C20H26N4O2/c1-2-19(25)18-11-17-13-23(9-10-24(17)21-18)20(26)14-22-8-7-15-5-3-4-6-16(15)12-22/h3-6,11,19,25H,2,7-10,12-14H2,1H3. The Balaban J connectivity index is 1.38. The Bertz CT molecular complexity index is 801. The maximum atomic E-state index is 12.8. The van der Waals surface area contributed by atoms with E-state index >= 15 is 0 Å². The first-order valence-corrected chi connectivity index (χ1v) is 9.45. The average molecular weight is 354 g/mol. The summed E-state index contributed by atoms with van der Waals surface area (Å²) in [6.07, 6.45) is 1.13. The van der Waals surface area contributed by atoms with E-state index < -0.39 is 6.10 Å². The summed E-state index contributed by atoms with van der Waals surface area (Å²) in [6.45, 7) is 6.14. The summed E-state index contributed by atoms with van der Waals surface area (Å²) in [5.41, 5.74) is 4.46. The number of nitrogens with zero attached hydrogens (tertiary/aromatic N) is 4. The summed E-state index contributed by atoms with van der Waals surface area (Å²) in [7, 11) is 0. The highest BCUT2D eigenvalue weighted by molar-refractivity contribution is 5.78. The number of hydrogen-bond donors (Lipinski definition) is 1. The van der Waals surface area contributed by atoms with Crippen LogP contribution in [-0.2, 0) is 30.8 Å². The van der Waals surface area contributed by atoms with Crippen LogP contribution in [0.3, 0.4) is 0 Å². The highest BCUT2D eigenvalue weighted by atomic mass is 16.3. The monoisotopic (exact) mass is 354 g/mol. The van der Waals surface area contributed by atoms with Gasteiger partial charge in [0.2, 0.25) is 5.91 Å². The second kappa shape index (κ2) is 7.21. The Morgan fingerprint density at radius 1 is 1.19 bits per heavy atom. The Morgan fingerprint density at radius 3 is 2.81 bits per heavy atom. The van der Waals surface area contributed by atoms with E-state index in [-0.39, 0.29) is 5.91 Å². The lowest BCUT2D eigenvalue weighted by Crippen LogP contribution is -2.45. The van der Waals surface area contributed by atoms with Crippen LogP contribution in [0.4, 0.5) is 0 Å². The molecular weight excluding hydrogens is 328 g/mol. The number of amides is 1. The molecule has 0 fully saturated rings. The second-order valence-electron chi connectivity index (χ2n) is 7.25. The first-order chi connectivity index (χ1) is 12.6. The molecule has 1 unspecified atom stereocenters. The zero-order chi connectivity index (χ0) is 18.1. The molecule has 0 spiro atoms. The molecule has 26 heavy (non-hydrogen) atoms. The van der Waals surface area contributed by atoms with Crippen molar-refractivity contribution in [1.82, 2.24) is 19.6 Å². The molecule has 0 saturated carbocycles. The van der Waals surface area contributed by atoms with Crippen molar-refractivity contribution in [3.8, 4) is 0 Å². The fraction of sp³-hybridized carbons (Fsp3) is 0.500. The van der Waals surface area contributed by atoms with Gasteiger partial charge in [0.05, 0.1) is 37.1 Å². The van der Waals surface area contributed by atoms with Crippen molar-refractivity contribution in [1.29, 1.82) is 0 Å². The number of fused-ring (bicyclic) bond motifs is 2. The van der Waals surface area contributed by atoms with Gasteiger partial charge in [0.25, 0.3) is 0 Å². The van der Waals surface area contributed by atoms with Gasteiger partial charge in [0.15, 0.2) is 0 Å². The van der Waals surface area contributed by atoms with Crippen molar-refractivity contribution in [2.75, 3.05) is 19.6 Å². The van der Waals surface area contributed by atoms with Crippen LogP contribution in [0.1, 0.15) is 42.0 Å². The van der Waals surface area contributed by atoms with Crippen LogP contribution in [0.2, 0.25) is 0 Å². The first kappa shape index (κ1) is 17.2. The normalized spacial score (nSPS) is 18.3. The van der Waals surface area contributed by atoms with Gasteiger partial charge in [-0.2, -0.15) is 5.10 Å². The fourth-order valence-electron chi connectivity index (χ4n) is 3.85. The number of aliphatic hydroxyl groups excluding tert-OH is 1. The van der Waals surface area contributed by atoms with Crippen molar-refractivity contribution < 1.29 is 9.90 Å². The number of aromatic nitrogens is 2. The van der Waals surface area contributed by atoms with E-state index in [0.717, 1.165) is 25.2 Å². The van der Waals surface area contributed by atoms with Crippen molar-refractivity contribution >= 4 is 5.91 Å². The molecule has 1 aromatic carbocycles. The fourth-order valence-corrected chi connectivity index (χ4v) is 3.85. The van der Waals surface area contributed by atoms with Crippen LogP contribution in [-0.4, -0.2) is 50.2 Å². The molecule has 2 aromatic rings. The topological polar surface area (TPSA) is 61.6 Å². The third-order valence-electron chi connectivity index (χ3n) is 5.47. The molecule has 1 aromatic heterocycles. The van der Waals surface area contributed by atoms with Gasteiger partial charge >= 0.3 is 0 Å². The van der Waals surface area contributed by atoms with Gasteiger partial charge < -0.3 is 10.0 Å². The summed E-state index contributed by atoms with van der Waals surface area (Å²) in [6, 6.07) is 10.4. The average Bonchev–Trinajstić information content (AvgIpc) is 3.10. The molecule has 2 aliphatic rings. The third-order valence-corrected chi connectivity index (χ3v) is 5.47. The maximum absolute atomic E-state index is 12.8. The number of carbonyl (C=O) groups is 1. The third kappa shape index (κ3) is 3.39. The minimum absolute atomic E-state index is 0.175. The van der Waals surface area contributed by atoms with Gasteiger partial charge in [-0.05, 0) is 30.0 Å². The lowest BCUT2D eigenvalue weighted by molar-refractivity contribution is -0.134. The molecule has 0 saturated heterocycles. The SMILES string of the molecule is CCC(O)c1cc2n(n1)CCN(C(=O)CN1CCc3ccccc3C1)C2. The zero-order valence-corrected chi connectivity index (χ0v) is 15.3. The van der Waals surface area contributed by atoms with E-state index in [1.165, 1.54) is 11.1 Å². The van der Waals surface area contributed by atoms with Gasteiger partial charge in [0.1, 0.15) is 0 Å². The predicted molar refractivity (Wildman–Crippen MR) is 98.3 cm³/mol. The quantitative estimate of drug-likeness (QED) is 0.908. The van der Waals surface area contributed by atoms with Crippen molar-refractivity contribution in [2.24, 2.45) is 0 Å². The lowest BCUT2D eigenvalue weighted by atomic mass is 10.00. The Labute approximate surface area is 154 Å². The van der Waals surface area contributed by atoms with Crippen LogP contribution in [0, 0.1) is 0 Å². The summed E-state index contributed by atoms with van der Waals surface area (Å²) in [5, 5.41) is 14.5. The molecule has 0 radical (unpaired) electrons. The number of aliphatic hydroxyl groups is 1. The molecule has 1 N–H and O–H groups in total. The molecule has 6 nitrogen and oxygen atoms in total. The molecule has 6 heteroatoms. The van der Waals surface area contributed by atoms with Crippen molar-refractivity contribution in [3.05, 3.63) is 52.8 Å². The van der Waals surface area contributed by atoms with E-state index in [2.05, 4.69) is 34.3 Å². The molecule has 0 aliphatic carbocycles. The van der Waals surface area contributed by atoms with Crippen LogP contribution >= 0.6 is 0 Å². The van der Waals surface area contributed by atoms with Gasteiger partial charge in [-0.25, -0.2) is 0 Å². The number of rotatable bonds is 4. The molecule has 1 amide bonds. The number of benzene rings is 1. The zero-order valence-electron chi connectivity index (χ0n) is 15.3. The summed E-state index contributed by atoms with van der Waals surface area (Å²) < 4.78 is 1.93. The van der Waals surface area contributed by atoms with Crippen LogP contribution in [0.15, 0.2) is 30.3 Å². The van der Waals surface area contributed by atoms with Gasteiger partial charge in [-0.1, -0.05) is 31.2 Å². The predicted octanol–water partition coefficient (Wildman–Crippen LogP) is 1.73. The molecule has 4 rings (SSSR count). The first-order valence-electron chi connectivity index (χ1n) is 9.45. The minimum atomic E-state index is -0.523. The van der Waals surface area contributed by atoms with Gasteiger partial charge in [-0.3, -0.25) is 14.4 Å². The van der Waals surface area contributed by atoms with Crippen molar-refractivity contribution in [2.45, 2.75) is 45.5 Å². The van der Waals surface area contributed by atoms with Crippen LogP contribution in [0.25, 0.3) is 0 Å². The van der Waals surface area contributed by atoms with Gasteiger partial charge in [-0.15, -0.1) is 0 Å². The number of carbonyl (C=O) groups excluding carboxylic acids is 1. The molecule has 2 aliphatic heterocycles. The summed E-state index contributed by atoms with van der Waals surface area (Å²) in [4.78, 5) is 16.9. The second-order valence-corrected chi connectivity index (χ2v) is 7.25. The van der Waals surface area contributed by atoms with Crippen LogP contribution in [0.5, 0.6) is 0 Å². The smallest absolute Gasteiger partial charge is 0.237 e. The lowest BCUT2D eigenvalue weighted by Gasteiger charge is -2.32. The van der Waals surface area contributed by atoms with E-state index in [0.29, 0.717) is 38.3 Å². The summed E-state index contributed by atoms with van der Waals surface area (Å²) in [5.74, 6) is 0.175. The van der Waals surface area contributed by atoms with E-state index in [4.69, 9.17) is 0 Å². The van der Waals surface area contributed by atoms with E-state index in [1.54, 1.807) is 0 Å². The Hall–Kier alpha value is -2.18. The molecule has 0 bridgehead atoms. The molecule has 3 heterocycles. The Morgan fingerprint density at radius 2 is 2.00 bits per heavy atom. The number of hydrogen-bond acceptors (Lipinski definition) is 4. The van der Waals surface area contributed by atoms with Crippen LogP contribution < -0.4 is 0 Å². The Kier molecular flexibility index (Phi) is 4.78. The van der Waals surface area contributed by atoms with E-state index in [1.807, 2.05) is 22.6 Å². The largest absolute Gasteiger partial charge is 0.387 e. The highest BCUT2D eigenvalue weighted by Gasteiger charge is 2.26. The van der Waals surface area contributed by atoms with E-state index in [9.17, 15) is 9.90 Å². The van der Waals surface area contributed by atoms with Gasteiger partial charge in [0, 0.05) is 19.6 Å². The minimum Gasteiger partial charge on any atom is -0.387 e.